The normalized spacial score (nSPS) is 9.65. The van der Waals surface area contributed by atoms with E-state index in [1.165, 1.54) is 11.1 Å². The summed E-state index contributed by atoms with van der Waals surface area (Å²) in [5, 5.41) is 0. The van der Waals surface area contributed by atoms with Crippen LogP contribution in [0.15, 0.2) is 18.2 Å². The summed E-state index contributed by atoms with van der Waals surface area (Å²) in [4.78, 5) is 13.6. The molecular weight excluding hydrogens is 236 g/mol. The second kappa shape index (κ2) is 7.30. The molecule has 0 fully saturated rings. The monoisotopic (exact) mass is 256 g/mol. The van der Waals surface area contributed by atoms with Crippen LogP contribution in [0.4, 0.5) is 5.69 Å². The Balaban J connectivity index is 0.00000256. The van der Waals surface area contributed by atoms with Crippen molar-refractivity contribution in [2.75, 3.05) is 18.0 Å². The number of carbonyl (C=O) groups excluding carboxylic acids is 1. The summed E-state index contributed by atoms with van der Waals surface area (Å²) in [6.07, 6.45) is 0.404. The molecule has 17 heavy (non-hydrogen) atoms. The second-order valence-electron chi connectivity index (χ2n) is 4.02. The molecule has 0 aliphatic rings. The van der Waals surface area contributed by atoms with Crippen LogP contribution in [0, 0.1) is 13.8 Å². The second-order valence-corrected chi connectivity index (χ2v) is 4.02. The van der Waals surface area contributed by atoms with Gasteiger partial charge in [-0.1, -0.05) is 6.07 Å². The summed E-state index contributed by atoms with van der Waals surface area (Å²) in [6, 6.07) is 6.17. The number of hydrogen-bond donors (Lipinski definition) is 1. The number of rotatable bonds is 4. The first kappa shape index (κ1) is 15.9. The lowest BCUT2D eigenvalue weighted by molar-refractivity contribution is -0.118. The zero-order valence-corrected chi connectivity index (χ0v) is 11.5. The van der Waals surface area contributed by atoms with Crippen LogP contribution in [0.3, 0.4) is 0 Å². The number of carbonyl (C=O) groups is 1. The van der Waals surface area contributed by atoms with Gasteiger partial charge in [0.15, 0.2) is 0 Å². The lowest BCUT2D eigenvalue weighted by atomic mass is 10.1. The predicted octanol–water partition coefficient (Wildman–Crippen LogP) is 2.43. The number of nitrogens with zero attached hydrogens (tertiary/aromatic N) is 1. The Hall–Kier alpha value is -1.06. The zero-order valence-electron chi connectivity index (χ0n) is 10.7. The van der Waals surface area contributed by atoms with E-state index in [4.69, 9.17) is 5.73 Å². The Morgan fingerprint density at radius 3 is 2.18 bits per heavy atom. The van der Waals surface area contributed by atoms with E-state index in [1.807, 2.05) is 32.9 Å². The van der Waals surface area contributed by atoms with Crippen LogP contribution in [-0.2, 0) is 4.79 Å². The fourth-order valence-corrected chi connectivity index (χ4v) is 1.87. The molecule has 4 heteroatoms. The Kier molecular flexibility index (Phi) is 6.85. The van der Waals surface area contributed by atoms with Crippen LogP contribution in [-0.4, -0.2) is 19.0 Å². The Bertz CT molecular complexity index is 359. The summed E-state index contributed by atoms with van der Waals surface area (Å²) in [6.45, 7) is 7.14. The molecule has 2 N–H and O–H groups in total. The van der Waals surface area contributed by atoms with Crippen molar-refractivity contribution in [2.24, 2.45) is 5.73 Å². The van der Waals surface area contributed by atoms with Crippen LogP contribution in [0.1, 0.15) is 24.5 Å². The molecule has 96 valence electrons. The smallest absolute Gasteiger partial charge is 0.228 e. The average molecular weight is 257 g/mol. The molecule has 1 amide bonds. The molecule has 0 aliphatic heterocycles. The molecule has 0 heterocycles. The maximum Gasteiger partial charge on any atom is 0.228 e. The van der Waals surface area contributed by atoms with E-state index in [1.54, 1.807) is 4.90 Å². The van der Waals surface area contributed by atoms with E-state index in [0.717, 1.165) is 5.69 Å². The van der Waals surface area contributed by atoms with E-state index in [-0.39, 0.29) is 18.3 Å². The van der Waals surface area contributed by atoms with Crippen LogP contribution >= 0.6 is 12.4 Å². The molecule has 1 aromatic rings. The van der Waals surface area contributed by atoms with Gasteiger partial charge in [-0.05, 0) is 44.0 Å². The highest BCUT2D eigenvalue weighted by atomic mass is 35.5. The molecule has 0 radical (unpaired) electrons. The summed E-state index contributed by atoms with van der Waals surface area (Å²) in [7, 11) is 0. The van der Waals surface area contributed by atoms with E-state index in [2.05, 4.69) is 6.07 Å². The summed E-state index contributed by atoms with van der Waals surface area (Å²) >= 11 is 0. The minimum atomic E-state index is 0. The predicted molar refractivity (Wildman–Crippen MR) is 74.9 cm³/mol. The number of halogens is 1. The van der Waals surface area contributed by atoms with Crippen molar-refractivity contribution in [3.63, 3.8) is 0 Å². The standard InChI is InChI=1S/C13H20N2O.ClH/c1-4-15(13(16)5-6-14)12-8-10(2)7-11(3)9-12;/h7-9H,4-6,14H2,1-3H3;1H. The van der Waals surface area contributed by atoms with E-state index in [0.29, 0.717) is 19.5 Å². The lowest BCUT2D eigenvalue weighted by Crippen LogP contribution is -2.32. The number of hydrogen-bond acceptors (Lipinski definition) is 2. The Morgan fingerprint density at radius 2 is 1.76 bits per heavy atom. The molecule has 1 aromatic carbocycles. The first-order valence-corrected chi connectivity index (χ1v) is 5.67. The van der Waals surface area contributed by atoms with Gasteiger partial charge < -0.3 is 10.6 Å². The molecule has 0 saturated heterocycles. The lowest BCUT2D eigenvalue weighted by Gasteiger charge is -2.21. The maximum absolute atomic E-state index is 11.8. The molecular formula is C13H21ClN2O. The van der Waals surface area contributed by atoms with Gasteiger partial charge in [0.05, 0.1) is 0 Å². The first-order valence-electron chi connectivity index (χ1n) is 5.67. The van der Waals surface area contributed by atoms with E-state index < -0.39 is 0 Å². The van der Waals surface area contributed by atoms with E-state index >= 15 is 0 Å². The van der Waals surface area contributed by atoms with Crippen molar-refractivity contribution < 1.29 is 4.79 Å². The van der Waals surface area contributed by atoms with Crippen molar-refractivity contribution in [3.05, 3.63) is 29.3 Å². The fourth-order valence-electron chi connectivity index (χ4n) is 1.87. The SMILES string of the molecule is CCN(C(=O)CCN)c1cc(C)cc(C)c1.Cl. The molecule has 3 nitrogen and oxygen atoms in total. The third-order valence-electron chi connectivity index (χ3n) is 2.49. The number of aryl methyl sites for hydroxylation is 2. The molecule has 0 unspecified atom stereocenters. The molecule has 0 aromatic heterocycles. The molecule has 0 saturated carbocycles. The Morgan fingerprint density at radius 1 is 1.24 bits per heavy atom. The van der Waals surface area contributed by atoms with Crippen molar-refractivity contribution in [2.45, 2.75) is 27.2 Å². The zero-order chi connectivity index (χ0) is 12.1. The first-order chi connectivity index (χ1) is 7.58. The average Bonchev–Trinajstić information content (AvgIpc) is 2.17. The summed E-state index contributed by atoms with van der Waals surface area (Å²) in [5.74, 6) is 0.0926. The quantitative estimate of drug-likeness (QED) is 0.899. The molecule has 0 aliphatic carbocycles. The van der Waals surface area contributed by atoms with Gasteiger partial charge in [-0.15, -0.1) is 12.4 Å². The number of nitrogens with two attached hydrogens (primary N) is 1. The van der Waals surface area contributed by atoms with Crippen LogP contribution < -0.4 is 10.6 Å². The fraction of sp³-hybridized carbons (Fsp3) is 0.462. The van der Waals surface area contributed by atoms with Gasteiger partial charge >= 0.3 is 0 Å². The Labute approximate surface area is 109 Å². The maximum atomic E-state index is 11.8. The van der Waals surface area contributed by atoms with Gasteiger partial charge in [-0.25, -0.2) is 0 Å². The minimum Gasteiger partial charge on any atom is -0.330 e. The molecule has 1 rings (SSSR count). The van der Waals surface area contributed by atoms with Gasteiger partial charge in [-0.2, -0.15) is 0 Å². The van der Waals surface area contributed by atoms with Crippen LogP contribution in [0.25, 0.3) is 0 Å². The van der Waals surface area contributed by atoms with Gasteiger partial charge in [0.2, 0.25) is 5.91 Å². The summed E-state index contributed by atoms with van der Waals surface area (Å²) < 4.78 is 0. The third-order valence-corrected chi connectivity index (χ3v) is 2.49. The van der Waals surface area contributed by atoms with Crippen molar-refractivity contribution in [1.29, 1.82) is 0 Å². The minimum absolute atomic E-state index is 0. The van der Waals surface area contributed by atoms with Gasteiger partial charge in [0, 0.05) is 25.2 Å². The molecule has 0 atom stereocenters. The van der Waals surface area contributed by atoms with Crippen molar-refractivity contribution >= 4 is 24.0 Å². The molecule has 0 spiro atoms. The number of amides is 1. The highest BCUT2D eigenvalue weighted by molar-refractivity contribution is 5.93. The van der Waals surface area contributed by atoms with Gasteiger partial charge in [0.1, 0.15) is 0 Å². The van der Waals surface area contributed by atoms with Crippen LogP contribution in [0.2, 0.25) is 0 Å². The molecule has 0 bridgehead atoms. The third kappa shape index (κ3) is 4.36. The highest BCUT2D eigenvalue weighted by Crippen LogP contribution is 2.19. The van der Waals surface area contributed by atoms with Gasteiger partial charge in [-0.3, -0.25) is 4.79 Å². The van der Waals surface area contributed by atoms with Crippen molar-refractivity contribution in [1.82, 2.24) is 0 Å². The number of anilines is 1. The van der Waals surface area contributed by atoms with E-state index in [9.17, 15) is 4.79 Å². The largest absolute Gasteiger partial charge is 0.330 e. The van der Waals surface area contributed by atoms with Crippen LogP contribution in [0.5, 0.6) is 0 Å². The number of benzene rings is 1. The van der Waals surface area contributed by atoms with Crippen molar-refractivity contribution in [3.8, 4) is 0 Å². The summed E-state index contributed by atoms with van der Waals surface area (Å²) in [5.41, 5.74) is 8.73. The topological polar surface area (TPSA) is 46.3 Å². The highest BCUT2D eigenvalue weighted by Gasteiger charge is 2.13. The van der Waals surface area contributed by atoms with Gasteiger partial charge in [0.25, 0.3) is 0 Å².